The van der Waals surface area contributed by atoms with Crippen LogP contribution in [0.1, 0.15) is 133 Å². The van der Waals surface area contributed by atoms with E-state index in [9.17, 15) is 19.2 Å². The van der Waals surface area contributed by atoms with Crippen molar-refractivity contribution in [3.8, 4) is 0 Å². The fourth-order valence-corrected chi connectivity index (χ4v) is 30.2. The molecule has 6 aromatic rings. The molecular weight excluding hydrogens is 1710 g/mol. The van der Waals surface area contributed by atoms with Crippen LogP contribution in [0.5, 0.6) is 0 Å². The first-order valence-electron chi connectivity index (χ1n) is 35.0. The van der Waals surface area contributed by atoms with Crippen LogP contribution < -0.4 is 17.7 Å². The minimum Gasteiger partial charge on any atom is -1.00 e. The summed E-state index contributed by atoms with van der Waals surface area (Å²) in [6, 6.07) is 67.5. The van der Waals surface area contributed by atoms with Crippen LogP contribution in [0, 0.1) is 6.92 Å². The van der Waals surface area contributed by atoms with E-state index in [1.165, 1.54) is 58.4 Å². The van der Waals surface area contributed by atoms with E-state index in [1.54, 1.807) is 7.05 Å². The van der Waals surface area contributed by atoms with E-state index in [4.69, 9.17) is 87.9 Å². The zero-order valence-electron chi connectivity index (χ0n) is 65.5. The molecule has 2 aliphatic rings. The molecule has 2 heterocycles. The van der Waals surface area contributed by atoms with Crippen molar-refractivity contribution in [2.45, 2.75) is 241 Å². The number of alkyl carbamates (subject to hydrolysis) is 1. The molecule has 2 N–H and O–H groups in total. The van der Waals surface area contributed by atoms with Crippen molar-refractivity contribution in [1.29, 1.82) is 0 Å². The number of carbonyl (C=O) groups excluding carboxylic acids is 4. The molecule has 8 rings (SSSR count). The molecule has 0 saturated carbocycles. The quantitative estimate of drug-likeness (QED) is 0.0170. The van der Waals surface area contributed by atoms with Crippen molar-refractivity contribution in [2.24, 2.45) is 0 Å². The second-order valence-electron chi connectivity index (χ2n) is 31.4. The van der Waals surface area contributed by atoms with Gasteiger partial charge in [0.25, 0.3) is 11.8 Å². The van der Waals surface area contributed by atoms with E-state index < -0.39 is 81.2 Å². The van der Waals surface area contributed by atoms with Gasteiger partial charge in [-0.2, -0.15) is 46.8 Å². The monoisotopic (exact) mass is 1870 g/mol. The van der Waals surface area contributed by atoms with Crippen LogP contribution in [-0.2, 0) is 58.9 Å². The predicted octanol–water partition coefficient (Wildman–Crippen LogP) is 24.4. The van der Waals surface area contributed by atoms with Gasteiger partial charge in [0.1, 0.15) is 0 Å². The number of hydrogen-bond donors (Lipinski definition) is 2. The molecule has 0 aromatic heterocycles. The third kappa shape index (κ3) is 79.1. The average molecular weight is 1880 g/mol. The molecule has 3 amide bonds. The molecule has 0 radical (unpaired) electrons. The van der Waals surface area contributed by atoms with Gasteiger partial charge in [-0.05, 0) is 43.1 Å². The Kier molecular flexibility index (Phi) is 92.6. The van der Waals surface area contributed by atoms with Crippen molar-refractivity contribution in [3.63, 3.8) is 0 Å². The van der Waals surface area contributed by atoms with Gasteiger partial charge in [-0.15, -0.1) is 58.5 Å². The van der Waals surface area contributed by atoms with Crippen molar-refractivity contribution in [3.05, 3.63) is 222 Å². The number of hydroxylamine groups is 2. The summed E-state index contributed by atoms with van der Waals surface area (Å²) in [5.74, 6) is -1.02. The number of alkyl halides is 4. The Morgan fingerprint density at radius 1 is 0.421 bits per heavy atom. The maximum atomic E-state index is 11.6. The number of rotatable bonds is 22. The maximum Gasteiger partial charge on any atom is 2.00 e. The van der Waals surface area contributed by atoms with E-state index in [0.29, 0.717) is 28.5 Å². The molecule has 0 atom stereocenters. The Morgan fingerprint density at radius 2 is 0.675 bits per heavy atom. The summed E-state index contributed by atoms with van der Waals surface area (Å²) in [5.41, 5.74) is 12.3. The van der Waals surface area contributed by atoms with Crippen LogP contribution in [0.4, 0.5) is 9.59 Å². The van der Waals surface area contributed by atoms with Gasteiger partial charge in [0.15, 0.2) is 14.8 Å². The molecule has 0 aliphatic carbocycles. The summed E-state index contributed by atoms with van der Waals surface area (Å²) < 4.78 is 15.2. The van der Waals surface area contributed by atoms with Gasteiger partial charge < -0.3 is 37.0 Å². The molecule has 6 aromatic carbocycles. The molecule has 0 bridgehead atoms. The number of hydrogen-bond acceptors (Lipinski definition) is 9. The van der Waals surface area contributed by atoms with Crippen molar-refractivity contribution in [1.82, 2.24) is 10.4 Å². The van der Waals surface area contributed by atoms with Gasteiger partial charge in [-0.25, -0.2) is 9.59 Å². The van der Waals surface area contributed by atoms with Gasteiger partial charge in [0.05, 0.1) is 52.8 Å². The van der Waals surface area contributed by atoms with Crippen LogP contribution in [0.2, 0.25) is 110 Å². The van der Waals surface area contributed by atoms with E-state index in [-0.39, 0.29) is 135 Å². The molecular formula is C87H163Cl7MgN2O9Si8. The fraction of sp³-hybridized carbons (Fsp3) is 0.529. The Hall–Kier alpha value is -2.68. The number of benzene rings is 6. The third-order valence-corrected chi connectivity index (χ3v) is 44.5. The number of ether oxygens (including phenoxy) is 3. The summed E-state index contributed by atoms with van der Waals surface area (Å²) in [5, 5.41) is 12.1. The first-order valence-corrected chi connectivity index (χ1v) is 66.0. The topological polar surface area (TPSA) is 141 Å². The Bertz CT molecular complexity index is 3090. The van der Waals surface area contributed by atoms with E-state index in [2.05, 4.69) is 193 Å². The minimum atomic E-state index is -1.81. The average Bonchev–Trinajstić information content (AvgIpc) is 1.84. The van der Waals surface area contributed by atoms with Gasteiger partial charge in [0.2, 0.25) is 0 Å². The van der Waals surface area contributed by atoms with E-state index in [1.807, 2.05) is 111 Å². The van der Waals surface area contributed by atoms with Crippen molar-refractivity contribution >= 4 is 179 Å². The molecule has 2 fully saturated rings. The van der Waals surface area contributed by atoms with Gasteiger partial charge in [-0.1, -0.05) is 375 Å². The van der Waals surface area contributed by atoms with Gasteiger partial charge in [0, 0.05) is 69.4 Å². The van der Waals surface area contributed by atoms with Gasteiger partial charge >= 0.3 is 35.3 Å². The fourth-order valence-electron chi connectivity index (χ4n) is 9.69. The van der Waals surface area contributed by atoms with Crippen LogP contribution >= 0.6 is 68.6 Å². The number of amides is 3. The number of carbonyl (C=O) groups is 4. The predicted molar refractivity (Wildman–Crippen MR) is 535 cm³/mol. The van der Waals surface area contributed by atoms with Crippen LogP contribution in [0.3, 0.4) is 0 Å². The largest absolute Gasteiger partial charge is 2.00 e. The molecule has 0 spiro atoms. The molecule has 658 valence electrons. The molecule has 11 nitrogen and oxygen atoms in total. The number of imide groups is 1. The van der Waals surface area contributed by atoms with E-state index >= 15 is 0 Å². The van der Waals surface area contributed by atoms with Gasteiger partial charge in [-0.3, -0.25) is 14.4 Å². The third-order valence-electron chi connectivity index (χ3n) is 14.6. The first kappa shape index (κ1) is 140. The summed E-state index contributed by atoms with van der Waals surface area (Å²) in [6.07, 6.45) is 2.55. The van der Waals surface area contributed by atoms with Crippen molar-refractivity contribution in [2.75, 3.05) is 61.0 Å². The smallest absolute Gasteiger partial charge is 1.00 e. The number of aliphatic hydroxyl groups excluding tert-OH is 1. The zero-order chi connectivity index (χ0) is 77.5. The normalized spacial score (nSPS) is 11.5. The Labute approximate surface area is 761 Å². The summed E-state index contributed by atoms with van der Waals surface area (Å²) in [4.78, 5) is 50.0. The van der Waals surface area contributed by atoms with Crippen LogP contribution in [0.25, 0.3) is 0 Å². The summed E-state index contributed by atoms with van der Waals surface area (Å²) >= 11 is 34.3. The second-order valence-corrected chi connectivity index (χ2v) is 78.8. The van der Waals surface area contributed by atoms with Crippen LogP contribution in [0.15, 0.2) is 182 Å². The Morgan fingerprint density at radius 3 is 0.904 bits per heavy atom. The molecule has 27 heteroatoms. The first-order chi connectivity index (χ1) is 47.5. The second kappa shape index (κ2) is 75.3. The van der Waals surface area contributed by atoms with Crippen LogP contribution in [-0.4, -0.2) is 181 Å². The zero-order valence-corrected chi connectivity index (χ0v) is 80.2. The number of halogens is 7. The SMILES string of the molecule is C.C.C.C.C.C.C.C.C.C.C1CCOC1.CNC(=O)OC[Si](C)(C)Cc1ccccc1.C[Si](C)(CCl)C[Si](C)(C)Cc1ccccc1.C[Si](C)(CCl)Cc1ccccc1.C[Si](C)(CO)Cc1ccccc1.C[Si](C)(COC(=O)ON1C(=O)CCC1=O)Cc1ccccc1.C[Si](C)(Cl)CCl.C[Si](C)(Cl)CCl.[CH2-]c1ccccc1.[Cl-].[Mg+2]. The number of nitrogens with zero attached hydrogens (tertiary/aromatic N) is 1. The maximum absolute atomic E-state index is 11.6. The molecule has 2 aliphatic heterocycles. The summed E-state index contributed by atoms with van der Waals surface area (Å²) in [6.45, 7) is 41.3. The molecule has 2 saturated heterocycles. The minimum absolute atomic E-state index is 0. The number of aliphatic hydroxyl groups is 1. The summed E-state index contributed by atoms with van der Waals surface area (Å²) in [7, 11) is -9.30. The molecule has 0 unspecified atom stereocenters. The van der Waals surface area contributed by atoms with Crippen molar-refractivity contribution < 1.29 is 55.7 Å². The number of nitrogens with one attached hydrogen (secondary N) is 1. The molecule has 114 heavy (non-hydrogen) atoms. The Balaban J connectivity index is -0.0000000933. The van der Waals surface area contributed by atoms with E-state index in [0.717, 1.165) is 47.9 Å². The standard InChI is InChI=1S/C15H19NO5Si.C13H23ClSi2.C12H19NO2Si.C10H15ClSi.C10H16OSi.C7H7.C4H8O.2C3H8Cl2Si.10CH4.ClH.Mg/c1-22(2,10-12-6-4-3-5-7-12)11-20-15(19)21-16-13(17)8-9-14(16)18;1-15(2,12-16(3,4)11-14)10-13-8-6-5-7-9-13;1-13-12(14)15-10-16(2,3)9-11-7-5-4-6-8-11;2*1-12(2,9-11)8-10-6-4-3-5-7-10;1-7-5-3-2-4-6-7;1-2-4-5-3-1;2*1-6(2,5)3-4;;;;;;;;;;;;/h3-7H,8-11H2,1-2H3;5-9H,10-12H2,1-4H3;4-8H,9-10H2,1-3H3,(H,13,14);3-7H,8-9H2,1-2H3;3-7,11H,8-9H2,1-2H3;2-6H,1H2;1-4H2;2*3H2,1-2H3;10*1H4;1H;/q;;;;;-1;;;;;;;;;;;;;;;+2/p-1.